The first-order valence-corrected chi connectivity index (χ1v) is 4.73. The fraction of sp³-hybridized carbons (Fsp3) is 0.556. The number of amides is 1. The first-order valence-electron chi connectivity index (χ1n) is 4.73. The van der Waals surface area contributed by atoms with Crippen molar-refractivity contribution >= 4 is 6.09 Å². The average Bonchev–Trinajstić information content (AvgIpc) is 2.59. The van der Waals surface area contributed by atoms with Gasteiger partial charge in [-0.1, -0.05) is 0 Å². The zero-order chi connectivity index (χ0) is 11.3. The maximum atomic E-state index is 10.3. The molecule has 84 valence electrons. The Kier molecular flexibility index (Phi) is 4.11. The zero-order valence-electron chi connectivity index (χ0n) is 8.93. The van der Waals surface area contributed by atoms with Crippen LogP contribution in [0, 0.1) is 0 Å². The largest absolute Gasteiger partial charge is 0.448 e. The van der Waals surface area contributed by atoms with Crippen LogP contribution in [0.15, 0.2) is 12.4 Å². The normalized spacial score (nSPS) is 12.4. The van der Waals surface area contributed by atoms with Gasteiger partial charge < -0.3 is 15.8 Å². The van der Waals surface area contributed by atoms with Crippen molar-refractivity contribution < 1.29 is 9.53 Å². The van der Waals surface area contributed by atoms with E-state index >= 15 is 0 Å². The Morgan fingerprint density at radius 1 is 1.80 bits per heavy atom. The Morgan fingerprint density at radius 3 is 3.07 bits per heavy atom. The lowest BCUT2D eigenvalue weighted by molar-refractivity contribution is 0.156. The number of aryl methyl sites for hydroxylation is 1. The third-order valence-electron chi connectivity index (χ3n) is 2.02. The molecule has 0 fully saturated rings. The average molecular weight is 212 g/mol. The predicted octanol–water partition coefficient (Wildman–Crippen LogP) is 0.166. The van der Waals surface area contributed by atoms with E-state index in [1.54, 1.807) is 10.9 Å². The van der Waals surface area contributed by atoms with E-state index in [1.165, 1.54) is 0 Å². The molecule has 0 aliphatic rings. The smallest absolute Gasteiger partial charge is 0.404 e. The summed E-state index contributed by atoms with van der Waals surface area (Å²) in [5.74, 6) is 0. The van der Waals surface area contributed by atoms with Gasteiger partial charge in [-0.2, -0.15) is 5.10 Å². The molecular weight excluding hydrogens is 196 g/mol. The molecule has 0 saturated carbocycles. The number of rotatable bonds is 5. The molecule has 1 unspecified atom stereocenters. The number of carbonyl (C=O) groups is 1. The number of primary amides is 1. The summed E-state index contributed by atoms with van der Waals surface area (Å²) in [5.41, 5.74) is 5.92. The second-order valence-electron chi connectivity index (χ2n) is 3.29. The number of aromatic nitrogens is 2. The highest BCUT2D eigenvalue weighted by Crippen LogP contribution is 2.09. The Bertz CT molecular complexity index is 324. The van der Waals surface area contributed by atoms with Crippen LogP contribution in [-0.2, 0) is 11.8 Å². The highest BCUT2D eigenvalue weighted by molar-refractivity contribution is 5.64. The van der Waals surface area contributed by atoms with Crippen molar-refractivity contribution in [2.75, 3.05) is 13.2 Å². The third-order valence-corrected chi connectivity index (χ3v) is 2.02. The van der Waals surface area contributed by atoms with Crippen molar-refractivity contribution in [2.24, 2.45) is 12.8 Å². The van der Waals surface area contributed by atoms with Gasteiger partial charge in [0.2, 0.25) is 0 Å². The van der Waals surface area contributed by atoms with Gasteiger partial charge in [-0.3, -0.25) is 4.68 Å². The van der Waals surface area contributed by atoms with E-state index in [4.69, 9.17) is 5.73 Å². The van der Waals surface area contributed by atoms with Crippen molar-refractivity contribution in [2.45, 2.75) is 13.0 Å². The summed E-state index contributed by atoms with van der Waals surface area (Å²) in [5, 5.41) is 7.25. The molecule has 0 saturated heterocycles. The van der Waals surface area contributed by atoms with Crippen LogP contribution < -0.4 is 11.1 Å². The second kappa shape index (κ2) is 5.35. The summed E-state index contributed by atoms with van der Waals surface area (Å²) >= 11 is 0. The van der Waals surface area contributed by atoms with E-state index in [0.29, 0.717) is 6.54 Å². The Hall–Kier alpha value is -1.56. The molecule has 6 nitrogen and oxygen atoms in total. The van der Waals surface area contributed by atoms with E-state index in [1.807, 2.05) is 20.2 Å². The van der Waals surface area contributed by atoms with Crippen LogP contribution in [0.5, 0.6) is 0 Å². The molecule has 1 atom stereocenters. The van der Waals surface area contributed by atoms with Gasteiger partial charge in [-0.25, -0.2) is 4.79 Å². The summed E-state index contributed by atoms with van der Waals surface area (Å²) in [6.07, 6.45) is 2.99. The highest BCUT2D eigenvalue weighted by atomic mass is 16.5. The lowest BCUT2D eigenvalue weighted by Crippen LogP contribution is -2.25. The topological polar surface area (TPSA) is 82.2 Å². The first kappa shape index (κ1) is 11.5. The SMILES string of the molecule is CC(NCCOC(N)=O)c1cnn(C)c1. The van der Waals surface area contributed by atoms with Gasteiger partial charge in [0, 0.05) is 31.4 Å². The summed E-state index contributed by atoms with van der Waals surface area (Å²) in [6.45, 7) is 2.86. The molecule has 0 radical (unpaired) electrons. The molecule has 1 rings (SSSR count). The van der Waals surface area contributed by atoms with Crippen LogP contribution in [0.4, 0.5) is 4.79 Å². The first-order chi connectivity index (χ1) is 7.09. The minimum Gasteiger partial charge on any atom is -0.448 e. The molecule has 0 aliphatic heterocycles. The summed E-state index contributed by atoms with van der Waals surface area (Å²) in [7, 11) is 1.87. The maximum Gasteiger partial charge on any atom is 0.404 e. The molecule has 1 aromatic heterocycles. The van der Waals surface area contributed by atoms with Gasteiger partial charge in [0.15, 0.2) is 0 Å². The molecule has 0 aromatic carbocycles. The molecule has 0 bridgehead atoms. The van der Waals surface area contributed by atoms with Gasteiger partial charge in [0.1, 0.15) is 6.61 Å². The molecule has 1 heterocycles. The second-order valence-corrected chi connectivity index (χ2v) is 3.29. The predicted molar refractivity (Wildman–Crippen MR) is 55.2 cm³/mol. The van der Waals surface area contributed by atoms with Gasteiger partial charge in [-0.15, -0.1) is 0 Å². The lowest BCUT2D eigenvalue weighted by atomic mass is 10.2. The van der Waals surface area contributed by atoms with Crippen molar-refractivity contribution in [1.29, 1.82) is 0 Å². The molecule has 0 aliphatic carbocycles. The molecular formula is C9H16N4O2. The van der Waals surface area contributed by atoms with Crippen molar-refractivity contribution in [3.63, 3.8) is 0 Å². The number of nitrogens with one attached hydrogen (secondary N) is 1. The van der Waals surface area contributed by atoms with E-state index in [9.17, 15) is 4.79 Å². The Labute approximate surface area is 88.4 Å². The van der Waals surface area contributed by atoms with E-state index in [2.05, 4.69) is 15.2 Å². The molecule has 6 heteroatoms. The Morgan fingerprint density at radius 2 is 2.53 bits per heavy atom. The minimum absolute atomic E-state index is 0.176. The van der Waals surface area contributed by atoms with Crippen LogP contribution in [0.3, 0.4) is 0 Å². The fourth-order valence-electron chi connectivity index (χ4n) is 1.21. The number of nitrogens with two attached hydrogens (primary N) is 1. The molecule has 3 N–H and O–H groups in total. The maximum absolute atomic E-state index is 10.3. The van der Waals surface area contributed by atoms with Gasteiger partial charge in [0.25, 0.3) is 0 Å². The highest BCUT2D eigenvalue weighted by Gasteiger charge is 2.06. The summed E-state index contributed by atoms with van der Waals surface area (Å²) < 4.78 is 6.33. The number of ether oxygens (including phenoxy) is 1. The van der Waals surface area contributed by atoms with Crippen LogP contribution in [-0.4, -0.2) is 29.0 Å². The monoisotopic (exact) mass is 212 g/mol. The van der Waals surface area contributed by atoms with E-state index in [0.717, 1.165) is 5.56 Å². The summed E-state index contributed by atoms with van der Waals surface area (Å²) in [4.78, 5) is 10.3. The molecule has 15 heavy (non-hydrogen) atoms. The van der Waals surface area contributed by atoms with E-state index in [-0.39, 0.29) is 12.6 Å². The zero-order valence-corrected chi connectivity index (χ0v) is 8.93. The fourth-order valence-corrected chi connectivity index (χ4v) is 1.21. The number of carbonyl (C=O) groups excluding carboxylic acids is 1. The van der Waals surface area contributed by atoms with Gasteiger partial charge >= 0.3 is 6.09 Å². The van der Waals surface area contributed by atoms with Crippen LogP contribution >= 0.6 is 0 Å². The van der Waals surface area contributed by atoms with Crippen LogP contribution in [0.1, 0.15) is 18.5 Å². The van der Waals surface area contributed by atoms with Gasteiger partial charge in [0.05, 0.1) is 6.20 Å². The Balaban J connectivity index is 2.24. The summed E-state index contributed by atoms with van der Waals surface area (Å²) in [6, 6.07) is 0.176. The van der Waals surface area contributed by atoms with Crippen LogP contribution in [0.25, 0.3) is 0 Å². The van der Waals surface area contributed by atoms with Crippen molar-refractivity contribution in [3.8, 4) is 0 Å². The minimum atomic E-state index is -0.745. The quantitative estimate of drug-likeness (QED) is 0.681. The van der Waals surface area contributed by atoms with Crippen LogP contribution in [0.2, 0.25) is 0 Å². The number of hydrogen-bond acceptors (Lipinski definition) is 4. The third kappa shape index (κ3) is 3.99. The van der Waals surface area contributed by atoms with Crippen molar-refractivity contribution in [1.82, 2.24) is 15.1 Å². The van der Waals surface area contributed by atoms with Gasteiger partial charge in [-0.05, 0) is 6.92 Å². The standard InChI is InChI=1S/C9H16N4O2/c1-7(8-5-12-13(2)6-8)11-3-4-15-9(10)14/h5-7,11H,3-4H2,1-2H3,(H2,10,14). The molecule has 1 aromatic rings. The van der Waals surface area contributed by atoms with Crippen molar-refractivity contribution in [3.05, 3.63) is 18.0 Å². The van der Waals surface area contributed by atoms with E-state index < -0.39 is 6.09 Å². The molecule has 1 amide bonds. The number of hydrogen-bond donors (Lipinski definition) is 2. The number of nitrogens with zero attached hydrogens (tertiary/aromatic N) is 2. The lowest BCUT2D eigenvalue weighted by Gasteiger charge is -2.11. The molecule has 0 spiro atoms.